The van der Waals surface area contributed by atoms with E-state index in [-0.39, 0.29) is 5.91 Å². The summed E-state index contributed by atoms with van der Waals surface area (Å²) >= 11 is 0. The average molecular weight is 234 g/mol. The van der Waals surface area contributed by atoms with Gasteiger partial charge in [0.05, 0.1) is 12.6 Å². The first-order valence-electron chi connectivity index (χ1n) is 5.94. The van der Waals surface area contributed by atoms with Crippen molar-refractivity contribution in [3.05, 3.63) is 29.3 Å². The van der Waals surface area contributed by atoms with Crippen LogP contribution in [-0.4, -0.2) is 25.1 Å². The van der Waals surface area contributed by atoms with Gasteiger partial charge in [0.15, 0.2) is 0 Å². The second-order valence-electron chi connectivity index (χ2n) is 4.37. The van der Waals surface area contributed by atoms with Crippen LogP contribution in [0.2, 0.25) is 0 Å². The Kier molecular flexibility index (Phi) is 3.64. The molecule has 0 unspecified atom stereocenters. The highest BCUT2D eigenvalue weighted by molar-refractivity contribution is 5.80. The van der Waals surface area contributed by atoms with E-state index in [9.17, 15) is 4.79 Å². The van der Waals surface area contributed by atoms with E-state index in [2.05, 4.69) is 11.4 Å². The molecule has 1 heterocycles. The number of fused-ring (bicyclic) bond motifs is 1. The second kappa shape index (κ2) is 5.19. The zero-order chi connectivity index (χ0) is 12.3. The van der Waals surface area contributed by atoms with E-state index in [0.717, 1.165) is 25.2 Å². The van der Waals surface area contributed by atoms with Crippen molar-refractivity contribution < 1.29 is 9.53 Å². The predicted molar refractivity (Wildman–Crippen MR) is 66.0 cm³/mol. The average Bonchev–Trinajstić information content (AvgIpc) is 2.75. The number of benzene rings is 1. The van der Waals surface area contributed by atoms with Crippen molar-refractivity contribution in [1.82, 2.24) is 5.32 Å². The van der Waals surface area contributed by atoms with Crippen molar-refractivity contribution in [2.24, 2.45) is 5.73 Å². The van der Waals surface area contributed by atoms with E-state index < -0.39 is 6.04 Å². The number of hydrogen-bond donors (Lipinski definition) is 2. The minimum absolute atomic E-state index is 0.102. The van der Waals surface area contributed by atoms with Gasteiger partial charge in [0.1, 0.15) is 5.75 Å². The van der Waals surface area contributed by atoms with Gasteiger partial charge in [-0.1, -0.05) is 12.1 Å². The first-order chi connectivity index (χ1) is 8.16. The Labute approximate surface area is 101 Å². The predicted octanol–water partition coefficient (Wildman–Crippen LogP) is 0.627. The van der Waals surface area contributed by atoms with Crippen LogP contribution in [0.1, 0.15) is 18.1 Å². The first-order valence-corrected chi connectivity index (χ1v) is 5.94. The van der Waals surface area contributed by atoms with Crippen LogP contribution in [0.3, 0.4) is 0 Å². The summed E-state index contributed by atoms with van der Waals surface area (Å²) in [5, 5.41) is 2.80. The number of ether oxygens (including phenoxy) is 1. The Morgan fingerprint density at radius 2 is 2.41 bits per heavy atom. The summed E-state index contributed by atoms with van der Waals surface area (Å²) in [7, 11) is 0. The maximum atomic E-state index is 11.3. The molecule has 0 bridgehead atoms. The number of carbonyl (C=O) groups is 1. The van der Waals surface area contributed by atoms with E-state index in [1.54, 1.807) is 6.92 Å². The van der Waals surface area contributed by atoms with Crippen LogP contribution in [0.5, 0.6) is 5.75 Å². The number of rotatable bonds is 4. The fourth-order valence-electron chi connectivity index (χ4n) is 1.89. The Hall–Kier alpha value is -1.55. The van der Waals surface area contributed by atoms with E-state index in [4.69, 9.17) is 10.5 Å². The van der Waals surface area contributed by atoms with Crippen LogP contribution in [0, 0.1) is 0 Å². The molecule has 1 aromatic carbocycles. The summed E-state index contributed by atoms with van der Waals surface area (Å²) < 4.78 is 5.44. The van der Waals surface area contributed by atoms with Crippen molar-refractivity contribution in [2.75, 3.05) is 13.2 Å². The van der Waals surface area contributed by atoms with Crippen molar-refractivity contribution in [3.63, 3.8) is 0 Å². The molecule has 1 amide bonds. The van der Waals surface area contributed by atoms with Gasteiger partial charge in [-0.25, -0.2) is 0 Å². The minimum Gasteiger partial charge on any atom is -0.493 e. The Bertz CT molecular complexity index is 416. The third-order valence-corrected chi connectivity index (χ3v) is 2.88. The number of nitrogens with one attached hydrogen (secondary N) is 1. The molecule has 0 aromatic heterocycles. The lowest BCUT2D eigenvalue weighted by atomic mass is 10.1. The monoisotopic (exact) mass is 234 g/mol. The quantitative estimate of drug-likeness (QED) is 0.803. The smallest absolute Gasteiger partial charge is 0.236 e. The van der Waals surface area contributed by atoms with Gasteiger partial charge in [0.2, 0.25) is 5.91 Å². The fourth-order valence-corrected chi connectivity index (χ4v) is 1.89. The SMILES string of the molecule is C[C@@H](N)C(=O)NCCc1ccc2c(c1)CCO2. The Morgan fingerprint density at radius 1 is 1.59 bits per heavy atom. The zero-order valence-electron chi connectivity index (χ0n) is 10.0. The largest absolute Gasteiger partial charge is 0.493 e. The highest BCUT2D eigenvalue weighted by Gasteiger charge is 2.12. The van der Waals surface area contributed by atoms with Crippen LogP contribution in [-0.2, 0) is 17.6 Å². The van der Waals surface area contributed by atoms with Crippen LogP contribution < -0.4 is 15.8 Å². The molecule has 0 aliphatic carbocycles. The molecule has 4 heteroatoms. The molecular formula is C13H18N2O2. The number of nitrogens with two attached hydrogens (primary N) is 1. The highest BCUT2D eigenvalue weighted by atomic mass is 16.5. The van der Waals surface area contributed by atoms with E-state index >= 15 is 0 Å². The molecule has 0 saturated carbocycles. The van der Waals surface area contributed by atoms with Crippen molar-refractivity contribution in [1.29, 1.82) is 0 Å². The summed E-state index contributed by atoms with van der Waals surface area (Å²) in [6.07, 6.45) is 1.81. The van der Waals surface area contributed by atoms with Gasteiger partial charge in [-0.15, -0.1) is 0 Å². The molecule has 1 aliphatic rings. The molecule has 1 aromatic rings. The van der Waals surface area contributed by atoms with Gasteiger partial charge in [0.25, 0.3) is 0 Å². The molecule has 3 N–H and O–H groups in total. The minimum atomic E-state index is -0.441. The summed E-state index contributed by atoms with van der Waals surface area (Å²) in [4.78, 5) is 11.3. The van der Waals surface area contributed by atoms with Gasteiger partial charge in [-0.2, -0.15) is 0 Å². The molecule has 17 heavy (non-hydrogen) atoms. The summed E-state index contributed by atoms with van der Waals surface area (Å²) in [5.74, 6) is 0.892. The van der Waals surface area contributed by atoms with Gasteiger partial charge in [-0.3, -0.25) is 4.79 Å². The summed E-state index contributed by atoms with van der Waals surface area (Å²) in [5.41, 5.74) is 7.95. The normalized spacial score (nSPS) is 14.9. The van der Waals surface area contributed by atoms with Crippen molar-refractivity contribution in [3.8, 4) is 5.75 Å². The van der Waals surface area contributed by atoms with Gasteiger partial charge in [-0.05, 0) is 30.5 Å². The molecular weight excluding hydrogens is 216 g/mol. The molecule has 4 nitrogen and oxygen atoms in total. The lowest BCUT2D eigenvalue weighted by molar-refractivity contribution is -0.121. The molecule has 0 radical (unpaired) electrons. The first kappa shape index (κ1) is 11.9. The molecule has 92 valence electrons. The molecule has 0 saturated heterocycles. The van der Waals surface area contributed by atoms with Crippen LogP contribution in [0.25, 0.3) is 0 Å². The van der Waals surface area contributed by atoms with E-state index in [0.29, 0.717) is 6.54 Å². The third-order valence-electron chi connectivity index (χ3n) is 2.88. The lowest BCUT2D eigenvalue weighted by Crippen LogP contribution is -2.39. The maximum Gasteiger partial charge on any atom is 0.236 e. The molecule has 1 aliphatic heterocycles. The van der Waals surface area contributed by atoms with Crippen LogP contribution in [0.4, 0.5) is 0 Å². The lowest BCUT2D eigenvalue weighted by Gasteiger charge is -2.08. The second-order valence-corrected chi connectivity index (χ2v) is 4.37. The van der Waals surface area contributed by atoms with Crippen molar-refractivity contribution >= 4 is 5.91 Å². The number of hydrogen-bond acceptors (Lipinski definition) is 3. The fraction of sp³-hybridized carbons (Fsp3) is 0.462. The standard InChI is InChI=1S/C13H18N2O2/c1-9(14)13(16)15-6-4-10-2-3-12-11(8-10)5-7-17-12/h2-3,8-9H,4-7,14H2,1H3,(H,15,16)/t9-/m1/s1. The van der Waals surface area contributed by atoms with Crippen LogP contribution in [0.15, 0.2) is 18.2 Å². The van der Waals surface area contributed by atoms with E-state index in [1.807, 2.05) is 12.1 Å². The molecule has 0 spiro atoms. The topological polar surface area (TPSA) is 64.4 Å². The third kappa shape index (κ3) is 2.97. The number of carbonyl (C=O) groups excluding carboxylic acids is 1. The van der Waals surface area contributed by atoms with Gasteiger partial charge in [0, 0.05) is 13.0 Å². The Morgan fingerprint density at radius 3 is 3.18 bits per heavy atom. The molecule has 0 fully saturated rings. The van der Waals surface area contributed by atoms with Gasteiger partial charge >= 0.3 is 0 Å². The highest BCUT2D eigenvalue weighted by Crippen LogP contribution is 2.25. The summed E-state index contributed by atoms with van der Waals surface area (Å²) in [6.45, 7) is 3.09. The van der Waals surface area contributed by atoms with Crippen LogP contribution >= 0.6 is 0 Å². The summed E-state index contributed by atoms with van der Waals surface area (Å²) in [6, 6.07) is 5.76. The number of amides is 1. The maximum absolute atomic E-state index is 11.3. The zero-order valence-corrected chi connectivity index (χ0v) is 10.0. The molecule has 1 atom stereocenters. The molecule has 2 rings (SSSR count). The van der Waals surface area contributed by atoms with Crippen molar-refractivity contribution in [2.45, 2.75) is 25.8 Å². The van der Waals surface area contributed by atoms with E-state index in [1.165, 1.54) is 11.1 Å². The van der Waals surface area contributed by atoms with Gasteiger partial charge < -0.3 is 15.8 Å². The Balaban J connectivity index is 1.85.